The lowest BCUT2D eigenvalue weighted by Crippen LogP contribution is -2.54. The number of nitrogens with zero attached hydrogens (tertiary/aromatic N) is 5. The van der Waals surface area contributed by atoms with E-state index < -0.39 is 0 Å². The lowest BCUT2D eigenvalue weighted by atomic mass is 10.0. The highest BCUT2D eigenvalue weighted by atomic mass is 16.5. The molecule has 2 N–H and O–H groups in total. The summed E-state index contributed by atoms with van der Waals surface area (Å²) < 4.78 is 10.4. The molecule has 1 saturated heterocycles. The van der Waals surface area contributed by atoms with Crippen LogP contribution in [0.15, 0.2) is 24.4 Å². The molecule has 0 spiro atoms. The number of piperazine rings is 1. The van der Waals surface area contributed by atoms with Crippen LogP contribution in [0.25, 0.3) is 10.9 Å². The van der Waals surface area contributed by atoms with Gasteiger partial charge in [0.25, 0.3) is 5.91 Å². The number of amides is 1. The zero-order valence-corrected chi connectivity index (χ0v) is 18.8. The van der Waals surface area contributed by atoms with Gasteiger partial charge < -0.3 is 19.7 Å². The van der Waals surface area contributed by atoms with Gasteiger partial charge in [-0.3, -0.25) is 10.1 Å². The molecule has 3 heterocycles. The summed E-state index contributed by atoms with van der Waals surface area (Å²) in [7, 11) is 3.01. The van der Waals surface area contributed by atoms with Crippen molar-refractivity contribution >= 4 is 28.4 Å². The number of methoxy groups -OCH3 is 2. The normalized spacial score (nSPS) is 18.5. The molecule has 1 fully saturated rings. The van der Waals surface area contributed by atoms with Crippen molar-refractivity contribution in [2.24, 2.45) is 0 Å². The number of anilines is 2. The largest absolute Gasteiger partial charge is 0.481 e. The monoisotopic (exact) mass is 437 g/mol. The third kappa shape index (κ3) is 4.40. The first-order chi connectivity index (χ1) is 15.4. The number of nitrogens with one attached hydrogen (secondary N) is 2. The Morgan fingerprint density at radius 1 is 1.12 bits per heavy atom. The molecule has 0 saturated carbocycles. The molecule has 1 amide bonds. The van der Waals surface area contributed by atoms with Crippen LogP contribution in [0, 0.1) is 6.92 Å². The quantitative estimate of drug-likeness (QED) is 0.620. The molecule has 2 aromatic heterocycles. The Morgan fingerprint density at radius 3 is 2.56 bits per heavy atom. The first-order valence-corrected chi connectivity index (χ1v) is 10.4. The Kier molecular flexibility index (Phi) is 6.04. The van der Waals surface area contributed by atoms with Crippen molar-refractivity contribution < 1.29 is 14.3 Å². The van der Waals surface area contributed by atoms with Crippen molar-refractivity contribution in [3.8, 4) is 11.9 Å². The van der Waals surface area contributed by atoms with Crippen LogP contribution < -0.4 is 25.0 Å². The average Bonchev–Trinajstić information content (AvgIpc) is 2.76. The van der Waals surface area contributed by atoms with E-state index in [0.29, 0.717) is 34.7 Å². The van der Waals surface area contributed by atoms with Crippen molar-refractivity contribution in [1.82, 2.24) is 25.3 Å². The fourth-order valence-electron chi connectivity index (χ4n) is 4.04. The van der Waals surface area contributed by atoms with Gasteiger partial charge in [-0.05, 0) is 32.9 Å². The van der Waals surface area contributed by atoms with Gasteiger partial charge in [0, 0.05) is 54.2 Å². The van der Waals surface area contributed by atoms with Gasteiger partial charge in [0.2, 0.25) is 11.8 Å². The van der Waals surface area contributed by atoms with E-state index in [1.807, 2.05) is 6.07 Å². The van der Waals surface area contributed by atoms with Gasteiger partial charge in [-0.2, -0.15) is 9.97 Å². The molecular weight excluding hydrogens is 410 g/mol. The van der Waals surface area contributed by atoms with Gasteiger partial charge >= 0.3 is 6.01 Å². The van der Waals surface area contributed by atoms with Crippen LogP contribution in [0.5, 0.6) is 11.9 Å². The highest BCUT2D eigenvalue weighted by Crippen LogP contribution is 2.31. The third-order valence-electron chi connectivity index (χ3n) is 5.30. The minimum absolute atomic E-state index is 0.162. The summed E-state index contributed by atoms with van der Waals surface area (Å²) in [5, 5.41) is 7.07. The van der Waals surface area contributed by atoms with Crippen molar-refractivity contribution in [2.45, 2.75) is 32.9 Å². The van der Waals surface area contributed by atoms with Crippen molar-refractivity contribution in [2.75, 3.05) is 37.5 Å². The topological polar surface area (TPSA) is 114 Å². The van der Waals surface area contributed by atoms with E-state index in [9.17, 15) is 4.79 Å². The molecule has 1 aromatic carbocycles. The van der Waals surface area contributed by atoms with E-state index in [2.05, 4.69) is 49.3 Å². The smallest absolute Gasteiger partial charge is 0.316 e. The van der Waals surface area contributed by atoms with Gasteiger partial charge in [0.05, 0.1) is 25.3 Å². The highest BCUT2D eigenvalue weighted by Gasteiger charge is 2.25. The average molecular weight is 438 g/mol. The summed E-state index contributed by atoms with van der Waals surface area (Å²) in [5.41, 5.74) is 2.54. The first-order valence-electron chi connectivity index (χ1n) is 10.4. The van der Waals surface area contributed by atoms with Gasteiger partial charge in [0.15, 0.2) is 0 Å². The summed E-state index contributed by atoms with van der Waals surface area (Å²) in [6.07, 6.45) is 1.71. The maximum Gasteiger partial charge on any atom is 0.316 e. The van der Waals surface area contributed by atoms with Crippen molar-refractivity contribution in [3.05, 3.63) is 35.7 Å². The van der Waals surface area contributed by atoms with E-state index in [1.54, 1.807) is 25.3 Å². The minimum atomic E-state index is -0.378. The maximum atomic E-state index is 13.2. The molecule has 0 unspecified atom stereocenters. The number of carbonyl (C=O) groups is 1. The molecule has 0 radical (unpaired) electrons. The van der Waals surface area contributed by atoms with E-state index in [4.69, 9.17) is 9.47 Å². The van der Waals surface area contributed by atoms with Crippen molar-refractivity contribution in [1.29, 1.82) is 0 Å². The fraction of sp³-hybridized carbons (Fsp3) is 0.409. The minimum Gasteiger partial charge on any atom is -0.481 e. The van der Waals surface area contributed by atoms with Crippen LogP contribution in [0.2, 0.25) is 0 Å². The summed E-state index contributed by atoms with van der Waals surface area (Å²) in [4.78, 5) is 32.7. The molecule has 3 aromatic rings. The summed E-state index contributed by atoms with van der Waals surface area (Å²) in [6, 6.07) is 6.26. The zero-order valence-electron chi connectivity index (χ0n) is 18.8. The molecule has 10 heteroatoms. The van der Waals surface area contributed by atoms with Gasteiger partial charge in [-0.15, -0.1) is 0 Å². The van der Waals surface area contributed by atoms with E-state index >= 15 is 0 Å². The number of ether oxygens (including phenoxy) is 2. The van der Waals surface area contributed by atoms with E-state index in [0.717, 1.165) is 24.2 Å². The summed E-state index contributed by atoms with van der Waals surface area (Å²) >= 11 is 0. The molecule has 4 rings (SSSR count). The highest BCUT2D eigenvalue weighted by molar-refractivity contribution is 6.13. The number of fused-ring (bicyclic) bond motifs is 1. The molecule has 2 atom stereocenters. The predicted octanol–water partition coefficient (Wildman–Crippen LogP) is 2.18. The SMILES string of the molecule is COc1cc(C)nc(NC(=O)c2ccc(N3C[C@@H](C)N[C@H](C)C3)c3cnc(OC)nc23)n1. The molecular formula is C22H27N7O3. The second kappa shape index (κ2) is 8.91. The van der Waals surface area contributed by atoms with Gasteiger partial charge in [-0.1, -0.05) is 0 Å². The molecule has 0 aliphatic carbocycles. The van der Waals surface area contributed by atoms with Crippen LogP contribution in [-0.4, -0.2) is 65.2 Å². The maximum absolute atomic E-state index is 13.2. The Bertz CT molecular complexity index is 1140. The molecule has 1 aliphatic heterocycles. The van der Waals surface area contributed by atoms with Crippen LogP contribution in [0.4, 0.5) is 11.6 Å². The molecule has 10 nitrogen and oxygen atoms in total. The van der Waals surface area contributed by atoms with Crippen LogP contribution in [0.3, 0.4) is 0 Å². The number of aromatic nitrogens is 4. The zero-order chi connectivity index (χ0) is 22.8. The lowest BCUT2D eigenvalue weighted by Gasteiger charge is -2.38. The third-order valence-corrected chi connectivity index (χ3v) is 5.30. The van der Waals surface area contributed by atoms with Crippen LogP contribution in [0.1, 0.15) is 29.9 Å². The Labute approximate surface area is 186 Å². The van der Waals surface area contributed by atoms with E-state index in [1.165, 1.54) is 14.2 Å². The van der Waals surface area contributed by atoms with Gasteiger partial charge in [-0.25, -0.2) is 9.97 Å². The Hall–Kier alpha value is -3.53. The summed E-state index contributed by atoms with van der Waals surface area (Å²) in [6.45, 7) is 7.80. The van der Waals surface area contributed by atoms with Gasteiger partial charge in [0.1, 0.15) is 0 Å². The molecule has 0 bridgehead atoms. The molecule has 168 valence electrons. The lowest BCUT2D eigenvalue weighted by molar-refractivity contribution is 0.102. The number of hydrogen-bond acceptors (Lipinski definition) is 9. The van der Waals surface area contributed by atoms with E-state index in [-0.39, 0.29) is 17.9 Å². The number of carbonyl (C=O) groups excluding carboxylic acids is 1. The number of benzene rings is 1. The van der Waals surface area contributed by atoms with Crippen molar-refractivity contribution in [3.63, 3.8) is 0 Å². The van der Waals surface area contributed by atoms with Crippen LogP contribution in [-0.2, 0) is 0 Å². The summed E-state index contributed by atoms with van der Waals surface area (Å²) in [5.74, 6) is 0.158. The fourth-order valence-corrected chi connectivity index (χ4v) is 4.04. The van der Waals surface area contributed by atoms with Crippen LogP contribution >= 0.6 is 0 Å². The molecule has 1 aliphatic rings. The Morgan fingerprint density at radius 2 is 1.88 bits per heavy atom. The Balaban J connectivity index is 1.75. The molecule has 32 heavy (non-hydrogen) atoms. The second-order valence-electron chi connectivity index (χ2n) is 7.95. The predicted molar refractivity (Wildman–Crippen MR) is 122 cm³/mol. The number of rotatable bonds is 5. The first kappa shape index (κ1) is 21.7. The number of hydrogen-bond donors (Lipinski definition) is 2. The second-order valence-corrected chi connectivity index (χ2v) is 7.95. The standard InChI is InChI=1S/C22H27N7O3/c1-12-8-18(31-4)26-21(25-12)28-20(30)15-6-7-17(29-10-13(2)24-14(3)11-29)16-9-23-22(32-5)27-19(15)16/h6-9,13-14,24H,10-11H2,1-5H3,(H,25,26,28,30)/t13-,14-/m1/s1. The number of aryl methyl sites for hydroxylation is 1.